The molecule has 0 spiro atoms. The van der Waals surface area contributed by atoms with Gasteiger partial charge in [0.15, 0.2) is 0 Å². The van der Waals surface area contributed by atoms with E-state index in [4.69, 9.17) is 0 Å². The number of alkyl halides is 2. The molecule has 2 aromatic rings. The maximum atomic E-state index is 12.1. The number of sulfonamides is 1. The van der Waals surface area contributed by atoms with E-state index in [2.05, 4.69) is 19.8 Å². The summed E-state index contributed by atoms with van der Waals surface area (Å²) >= 11 is 0. The van der Waals surface area contributed by atoms with Gasteiger partial charge in [0, 0.05) is 18.5 Å². The molecule has 1 amide bonds. The SMILES string of the molecule is O=C(CCN=C1NS(=O)(=O)c2ccccc21)NCCc1ccc(OC(F)F)cc1. The Hall–Kier alpha value is -3.01. The minimum atomic E-state index is -3.59. The van der Waals surface area contributed by atoms with E-state index in [9.17, 15) is 22.0 Å². The zero-order chi connectivity index (χ0) is 20.9. The molecule has 10 heteroatoms. The van der Waals surface area contributed by atoms with Gasteiger partial charge in [0.1, 0.15) is 11.6 Å². The molecular formula is C19H19F2N3O4S. The maximum Gasteiger partial charge on any atom is 0.387 e. The van der Waals surface area contributed by atoms with Crippen molar-refractivity contribution in [3.05, 3.63) is 59.7 Å². The number of ether oxygens (including phenoxy) is 1. The normalized spacial score (nSPS) is 15.8. The largest absolute Gasteiger partial charge is 0.435 e. The quantitative estimate of drug-likeness (QED) is 0.679. The number of carbonyl (C=O) groups excluding carboxylic acids is 1. The predicted molar refractivity (Wildman–Crippen MR) is 103 cm³/mol. The number of hydrogen-bond acceptors (Lipinski definition) is 5. The number of aliphatic imine (C=N–C) groups is 1. The lowest BCUT2D eigenvalue weighted by atomic mass is 10.1. The van der Waals surface area contributed by atoms with Crippen LogP contribution in [0, 0.1) is 0 Å². The summed E-state index contributed by atoms with van der Waals surface area (Å²) in [5.74, 6) is 0.0941. The Morgan fingerprint density at radius 3 is 2.59 bits per heavy atom. The minimum absolute atomic E-state index is 0.0796. The van der Waals surface area contributed by atoms with Crippen molar-refractivity contribution < 1.29 is 26.7 Å². The lowest BCUT2D eigenvalue weighted by molar-refractivity contribution is -0.120. The lowest BCUT2D eigenvalue weighted by Gasteiger charge is -2.07. The average Bonchev–Trinajstić information content (AvgIpc) is 2.94. The number of rotatable bonds is 8. The summed E-state index contributed by atoms with van der Waals surface area (Å²) in [4.78, 5) is 16.3. The molecule has 0 radical (unpaired) electrons. The van der Waals surface area contributed by atoms with Crippen LogP contribution in [0.15, 0.2) is 58.4 Å². The molecule has 0 bridgehead atoms. The molecule has 1 aliphatic heterocycles. The molecule has 1 heterocycles. The second-order valence-electron chi connectivity index (χ2n) is 6.20. The van der Waals surface area contributed by atoms with E-state index in [1.165, 1.54) is 18.2 Å². The topological polar surface area (TPSA) is 96.9 Å². The molecule has 29 heavy (non-hydrogen) atoms. The van der Waals surface area contributed by atoms with Crippen molar-refractivity contribution in [1.82, 2.24) is 10.0 Å². The number of amides is 1. The van der Waals surface area contributed by atoms with Crippen LogP contribution in [0.4, 0.5) is 8.78 Å². The highest BCUT2D eigenvalue weighted by Crippen LogP contribution is 2.22. The molecule has 3 rings (SSSR count). The molecule has 0 saturated carbocycles. The van der Waals surface area contributed by atoms with Crippen molar-refractivity contribution >= 4 is 21.8 Å². The minimum Gasteiger partial charge on any atom is -0.435 e. The van der Waals surface area contributed by atoms with Gasteiger partial charge in [-0.3, -0.25) is 14.5 Å². The zero-order valence-corrected chi connectivity index (χ0v) is 16.1. The highest BCUT2D eigenvalue weighted by atomic mass is 32.2. The van der Waals surface area contributed by atoms with E-state index in [1.54, 1.807) is 30.3 Å². The van der Waals surface area contributed by atoms with Gasteiger partial charge in [-0.1, -0.05) is 24.3 Å². The van der Waals surface area contributed by atoms with Crippen molar-refractivity contribution in [2.24, 2.45) is 4.99 Å². The summed E-state index contributed by atoms with van der Waals surface area (Å²) in [6.45, 7) is -2.35. The summed E-state index contributed by atoms with van der Waals surface area (Å²) in [7, 11) is -3.59. The zero-order valence-electron chi connectivity index (χ0n) is 15.3. The van der Waals surface area contributed by atoms with Crippen molar-refractivity contribution in [2.45, 2.75) is 24.3 Å². The van der Waals surface area contributed by atoms with Crippen LogP contribution in [0.3, 0.4) is 0 Å². The summed E-state index contributed by atoms with van der Waals surface area (Å²) in [5, 5.41) is 2.74. The Labute approximate surface area is 166 Å². The first-order valence-electron chi connectivity index (χ1n) is 8.82. The van der Waals surface area contributed by atoms with Gasteiger partial charge in [-0.2, -0.15) is 8.78 Å². The number of nitrogens with zero attached hydrogens (tertiary/aromatic N) is 1. The molecule has 0 aromatic heterocycles. The average molecular weight is 423 g/mol. The van der Waals surface area contributed by atoms with Gasteiger partial charge in [0.2, 0.25) is 5.91 Å². The van der Waals surface area contributed by atoms with Crippen molar-refractivity contribution in [3.8, 4) is 5.75 Å². The molecule has 0 saturated heterocycles. The first-order valence-corrected chi connectivity index (χ1v) is 10.3. The Morgan fingerprint density at radius 1 is 1.14 bits per heavy atom. The summed E-state index contributed by atoms with van der Waals surface area (Å²) in [6.07, 6.45) is 0.636. The monoisotopic (exact) mass is 423 g/mol. The van der Waals surface area contributed by atoms with Crippen LogP contribution < -0.4 is 14.8 Å². The number of nitrogens with one attached hydrogen (secondary N) is 2. The molecular weight excluding hydrogens is 404 g/mol. The summed E-state index contributed by atoms with van der Waals surface area (Å²) in [6, 6.07) is 12.7. The fourth-order valence-corrected chi connectivity index (χ4v) is 4.04. The number of amidine groups is 1. The standard InChI is InChI=1S/C19H19F2N3O4S/c20-19(21)28-14-7-5-13(6-8-14)9-11-22-17(25)10-12-23-18-15-3-1-2-4-16(15)29(26,27)24-18/h1-8,19H,9-12H2,(H,22,25)(H,23,24). The number of benzene rings is 2. The van der Waals surface area contributed by atoms with Crippen LogP contribution in [0.5, 0.6) is 5.75 Å². The van der Waals surface area contributed by atoms with Gasteiger partial charge in [0.25, 0.3) is 10.0 Å². The fraction of sp³-hybridized carbons (Fsp3) is 0.263. The molecule has 2 N–H and O–H groups in total. The van der Waals surface area contributed by atoms with Crippen LogP contribution >= 0.6 is 0 Å². The Kier molecular flexibility index (Phi) is 6.42. The van der Waals surface area contributed by atoms with Gasteiger partial charge in [0.05, 0.1) is 11.4 Å². The Balaban J connectivity index is 1.43. The van der Waals surface area contributed by atoms with Crippen molar-refractivity contribution in [2.75, 3.05) is 13.1 Å². The van der Waals surface area contributed by atoms with Crippen LogP contribution in [0.2, 0.25) is 0 Å². The van der Waals surface area contributed by atoms with Crippen molar-refractivity contribution in [1.29, 1.82) is 0 Å². The molecule has 7 nitrogen and oxygen atoms in total. The Morgan fingerprint density at radius 2 is 1.86 bits per heavy atom. The molecule has 0 aliphatic carbocycles. The lowest BCUT2D eigenvalue weighted by Crippen LogP contribution is -2.27. The number of hydrogen-bond donors (Lipinski definition) is 2. The van der Waals surface area contributed by atoms with Gasteiger partial charge in [-0.25, -0.2) is 8.42 Å². The van der Waals surface area contributed by atoms with Gasteiger partial charge >= 0.3 is 6.61 Å². The molecule has 154 valence electrons. The third-order valence-electron chi connectivity index (χ3n) is 4.16. The van der Waals surface area contributed by atoms with E-state index in [0.717, 1.165) is 5.56 Å². The van der Waals surface area contributed by atoms with Gasteiger partial charge in [-0.05, 0) is 36.2 Å². The summed E-state index contributed by atoms with van der Waals surface area (Å²) in [5.41, 5.74) is 1.36. The first kappa shape index (κ1) is 20.7. The van der Waals surface area contributed by atoms with E-state index < -0.39 is 16.6 Å². The first-order chi connectivity index (χ1) is 13.8. The van der Waals surface area contributed by atoms with Crippen LogP contribution in [-0.4, -0.2) is 39.9 Å². The second-order valence-corrected chi connectivity index (χ2v) is 7.86. The van der Waals surface area contributed by atoms with Crippen LogP contribution in [-0.2, 0) is 21.2 Å². The van der Waals surface area contributed by atoms with Gasteiger partial charge in [-0.15, -0.1) is 0 Å². The Bertz CT molecular complexity index is 1010. The van der Waals surface area contributed by atoms with E-state index in [0.29, 0.717) is 18.5 Å². The van der Waals surface area contributed by atoms with Crippen molar-refractivity contribution in [3.63, 3.8) is 0 Å². The highest BCUT2D eigenvalue weighted by molar-refractivity contribution is 7.90. The molecule has 1 aliphatic rings. The van der Waals surface area contributed by atoms with E-state index in [-0.39, 0.29) is 35.4 Å². The third-order valence-corrected chi connectivity index (χ3v) is 5.55. The smallest absolute Gasteiger partial charge is 0.387 e. The number of fused-ring (bicyclic) bond motifs is 1. The third kappa shape index (κ3) is 5.50. The van der Waals surface area contributed by atoms with Gasteiger partial charge < -0.3 is 10.1 Å². The molecule has 0 unspecified atom stereocenters. The van der Waals surface area contributed by atoms with E-state index >= 15 is 0 Å². The number of halogens is 2. The van der Waals surface area contributed by atoms with E-state index in [1.807, 2.05) is 0 Å². The maximum absolute atomic E-state index is 12.1. The predicted octanol–water partition coefficient (Wildman–Crippen LogP) is 2.08. The van der Waals surface area contributed by atoms with Crippen LogP contribution in [0.1, 0.15) is 17.5 Å². The molecule has 0 fully saturated rings. The fourth-order valence-electron chi connectivity index (χ4n) is 2.79. The van der Waals surface area contributed by atoms with Crippen LogP contribution in [0.25, 0.3) is 0 Å². The number of carbonyl (C=O) groups is 1. The molecule has 2 aromatic carbocycles. The second kappa shape index (κ2) is 8.99. The highest BCUT2D eigenvalue weighted by Gasteiger charge is 2.29. The molecule has 0 atom stereocenters. The summed E-state index contributed by atoms with van der Waals surface area (Å²) < 4.78 is 54.9.